The third kappa shape index (κ3) is 2.79. The Balaban J connectivity index is 1.19. The first kappa shape index (κ1) is 16.2. The fourth-order valence-electron chi connectivity index (χ4n) is 4.48. The lowest BCUT2D eigenvalue weighted by atomic mass is 9.60. The number of fused-ring (bicyclic) bond motifs is 1. The van der Waals surface area contributed by atoms with Crippen molar-refractivity contribution in [3.8, 4) is 0 Å². The number of nitrogens with one attached hydrogen (secondary N) is 1. The number of aryl methyl sites for hydroxylation is 1. The Labute approximate surface area is 158 Å². The number of aromatic nitrogens is 2. The zero-order valence-corrected chi connectivity index (χ0v) is 15.9. The van der Waals surface area contributed by atoms with Gasteiger partial charge in [-0.05, 0) is 30.9 Å². The van der Waals surface area contributed by atoms with E-state index in [0.29, 0.717) is 11.5 Å². The van der Waals surface area contributed by atoms with Crippen molar-refractivity contribution < 1.29 is 0 Å². The number of hydrogen-bond donors (Lipinski definition) is 1. The summed E-state index contributed by atoms with van der Waals surface area (Å²) in [6.07, 6.45) is 5.37. The molecule has 2 fully saturated rings. The molecule has 134 valence electrons. The predicted molar refractivity (Wildman–Crippen MR) is 108 cm³/mol. The third-order valence-corrected chi connectivity index (χ3v) is 7.04. The molecule has 5 heteroatoms. The molecule has 1 spiro atoms. The number of nitrogens with zero attached hydrogens (tertiary/aromatic N) is 3. The fourth-order valence-corrected chi connectivity index (χ4v) is 5.41. The predicted octanol–water partition coefficient (Wildman–Crippen LogP) is 4.01. The van der Waals surface area contributed by atoms with Crippen LogP contribution < -0.4 is 10.2 Å². The van der Waals surface area contributed by atoms with E-state index in [2.05, 4.69) is 63.5 Å². The van der Waals surface area contributed by atoms with Crippen LogP contribution in [0.3, 0.4) is 0 Å². The van der Waals surface area contributed by atoms with E-state index in [4.69, 9.17) is 0 Å². The van der Waals surface area contributed by atoms with Gasteiger partial charge in [0.25, 0.3) is 0 Å². The largest absolute Gasteiger partial charge is 0.355 e. The van der Waals surface area contributed by atoms with E-state index >= 15 is 0 Å². The molecule has 3 aromatic rings. The van der Waals surface area contributed by atoms with Crippen LogP contribution in [0.4, 0.5) is 5.82 Å². The van der Waals surface area contributed by atoms with Crippen molar-refractivity contribution in [3.63, 3.8) is 0 Å². The van der Waals surface area contributed by atoms with Crippen LogP contribution in [0, 0.1) is 5.41 Å². The van der Waals surface area contributed by atoms with Crippen LogP contribution in [-0.2, 0) is 13.0 Å². The minimum Gasteiger partial charge on any atom is -0.355 e. The van der Waals surface area contributed by atoms with Gasteiger partial charge in [-0.3, -0.25) is 0 Å². The highest BCUT2D eigenvalue weighted by molar-refractivity contribution is 7.18. The molecule has 1 aromatic carbocycles. The van der Waals surface area contributed by atoms with E-state index in [1.165, 1.54) is 28.7 Å². The maximum Gasteiger partial charge on any atom is 0.140 e. The van der Waals surface area contributed by atoms with Crippen LogP contribution in [0.5, 0.6) is 0 Å². The Morgan fingerprint density at radius 2 is 2.00 bits per heavy atom. The van der Waals surface area contributed by atoms with Gasteiger partial charge >= 0.3 is 0 Å². The zero-order valence-electron chi connectivity index (χ0n) is 15.1. The molecule has 0 amide bonds. The van der Waals surface area contributed by atoms with Gasteiger partial charge in [0.15, 0.2) is 0 Å². The van der Waals surface area contributed by atoms with Crippen molar-refractivity contribution in [3.05, 3.63) is 53.2 Å². The average molecular weight is 365 g/mol. The topological polar surface area (TPSA) is 41.0 Å². The lowest BCUT2D eigenvalue weighted by Gasteiger charge is -2.59. The van der Waals surface area contributed by atoms with Crippen LogP contribution in [0.2, 0.25) is 0 Å². The number of benzene rings is 1. The molecule has 0 atom stereocenters. The summed E-state index contributed by atoms with van der Waals surface area (Å²) in [5.41, 5.74) is 1.88. The van der Waals surface area contributed by atoms with Gasteiger partial charge in [0.1, 0.15) is 17.0 Å². The lowest BCUT2D eigenvalue weighted by Crippen LogP contribution is -2.66. The molecule has 4 nitrogen and oxygen atoms in total. The van der Waals surface area contributed by atoms with Crippen LogP contribution in [-0.4, -0.2) is 29.1 Å². The monoisotopic (exact) mass is 364 g/mol. The molecule has 26 heavy (non-hydrogen) atoms. The minimum atomic E-state index is 0.509. The maximum atomic E-state index is 4.60. The van der Waals surface area contributed by atoms with Crippen molar-refractivity contribution in [1.29, 1.82) is 0 Å². The number of thiophene rings is 1. The van der Waals surface area contributed by atoms with E-state index in [1.807, 2.05) is 0 Å². The summed E-state index contributed by atoms with van der Waals surface area (Å²) in [6.45, 7) is 5.46. The van der Waals surface area contributed by atoms with Crippen molar-refractivity contribution in [1.82, 2.24) is 15.3 Å². The molecule has 2 aromatic heterocycles. The molecule has 0 radical (unpaired) electrons. The summed E-state index contributed by atoms with van der Waals surface area (Å²) in [6, 6.07) is 13.6. The van der Waals surface area contributed by atoms with Gasteiger partial charge in [-0.25, -0.2) is 9.97 Å². The van der Waals surface area contributed by atoms with Gasteiger partial charge in [0.05, 0.1) is 5.39 Å². The molecule has 1 saturated heterocycles. The Hall–Kier alpha value is -1.98. The maximum absolute atomic E-state index is 4.60. The van der Waals surface area contributed by atoms with Gasteiger partial charge in [-0.15, -0.1) is 11.3 Å². The summed E-state index contributed by atoms with van der Waals surface area (Å²) in [5, 5.41) is 4.95. The van der Waals surface area contributed by atoms with E-state index in [-0.39, 0.29) is 0 Å². The number of anilines is 1. The minimum absolute atomic E-state index is 0.509. The SMILES string of the molecule is CCc1cc2c(N3CC4(CC(NCc5ccccc5)C4)C3)ncnc2s1. The second kappa shape index (κ2) is 6.32. The van der Waals surface area contributed by atoms with Crippen molar-refractivity contribution >= 4 is 27.4 Å². The number of hydrogen-bond acceptors (Lipinski definition) is 5. The summed E-state index contributed by atoms with van der Waals surface area (Å²) in [5.74, 6) is 1.14. The molecular formula is C21H24N4S. The zero-order chi connectivity index (χ0) is 17.6. The molecule has 1 saturated carbocycles. The second-order valence-corrected chi connectivity index (χ2v) is 8.93. The molecular weight excluding hydrogens is 340 g/mol. The van der Waals surface area contributed by atoms with Gasteiger partial charge < -0.3 is 10.2 Å². The molecule has 0 bridgehead atoms. The van der Waals surface area contributed by atoms with Crippen LogP contribution in [0.15, 0.2) is 42.7 Å². The summed E-state index contributed by atoms with van der Waals surface area (Å²) < 4.78 is 0. The second-order valence-electron chi connectivity index (χ2n) is 7.81. The molecule has 1 N–H and O–H groups in total. The number of rotatable bonds is 5. The van der Waals surface area contributed by atoms with Crippen molar-refractivity contribution in [2.24, 2.45) is 5.41 Å². The highest BCUT2D eigenvalue weighted by Crippen LogP contribution is 2.50. The standard InChI is InChI=1S/C21H24N4S/c1-2-17-8-18-19(23-14-24-20(18)26-17)25-12-21(13-25)9-16(10-21)22-11-15-6-4-3-5-7-15/h3-8,14,16,22H,2,9-13H2,1H3. The van der Waals surface area contributed by atoms with Gasteiger partial charge in [-0.2, -0.15) is 0 Å². The first-order chi connectivity index (χ1) is 12.7. The quantitative estimate of drug-likeness (QED) is 0.743. The van der Waals surface area contributed by atoms with Gasteiger partial charge in [-0.1, -0.05) is 37.3 Å². The lowest BCUT2D eigenvalue weighted by molar-refractivity contribution is 0.0472. The first-order valence-corrected chi connectivity index (χ1v) is 10.3. The van der Waals surface area contributed by atoms with Gasteiger partial charge in [0.2, 0.25) is 0 Å². The molecule has 1 aliphatic carbocycles. The van der Waals surface area contributed by atoms with Crippen molar-refractivity contribution in [2.45, 2.75) is 38.8 Å². The normalized spacial score (nSPS) is 18.9. The van der Waals surface area contributed by atoms with E-state index < -0.39 is 0 Å². The Kier molecular flexibility index (Phi) is 3.94. The highest BCUT2D eigenvalue weighted by Gasteiger charge is 2.52. The Morgan fingerprint density at radius 3 is 2.77 bits per heavy atom. The molecule has 3 heterocycles. The van der Waals surface area contributed by atoms with Crippen LogP contribution >= 0.6 is 11.3 Å². The van der Waals surface area contributed by atoms with E-state index in [9.17, 15) is 0 Å². The third-order valence-electron chi connectivity index (χ3n) is 5.86. The fraction of sp³-hybridized carbons (Fsp3) is 0.429. The molecule has 0 unspecified atom stereocenters. The summed E-state index contributed by atoms with van der Waals surface area (Å²) in [4.78, 5) is 14.0. The van der Waals surface area contributed by atoms with E-state index in [1.54, 1.807) is 17.7 Å². The molecule has 1 aliphatic heterocycles. The Morgan fingerprint density at radius 1 is 1.19 bits per heavy atom. The van der Waals surface area contributed by atoms with Crippen molar-refractivity contribution in [2.75, 3.05) is 18.0 Å². The average Bonchev–Trinajstić information content (AvgIpc) is 3.04. The molecule has 5 rings (SSSR count). The summed E-state index contributed by atoms with van der Waals surface area (Å²) >= 11 is 1.80. The highest BCUT2D eigenvalue weighted by atomic mass is 32.1. The van der Waals surface area contributed by atoms with Crippen LogP contribution in [0.1, 0.15) is 30.2 Å². The molecule has 2 aliphatic rings. The Bertz CT molecular complexity index is 906. The van der Waals surface area contributed by atoms with Crippen LogP contribution in [0.25, 0.3) is 10.2 Å². The van der Waals surface area contributed by atoms with E-state index in [0.717, 1.165) is 36.7 Å². The smallest absolute Gasteiger partial charge is 0.140 e. The first-order valence-electron chi connectivity index (χ1n) is 9.50. The summed E-state index contributed by atoms with van der Waals surface area (Å²) in [7, 11) is 0. The van der Waals surface area contributed by atoms with Gasteiger partial charge in [0, 0.05) is 36.0 Å².